The van der Waals surface area contributed by atoms with Gasteiger partial charge in [0.15, 0.2) is 0 Å². The fraction of sp³-hybridized carbons (Fsp3) is 0.875. The first-order valence-electron chi connectivity index (χ1n) is 8.26. The number of rotatable bonds is 4. The molecule has 120 valence electrons. The third-order valence-corrected chi connectivity index (χ3v) is 5.21. The van der Waals surface area contributed by atoms with Crippen molar-refractivity contribution in [2.45, 2.75) is 52.0 Å². The molecular formula is C16H28N2O3. The van der Waals surface area contributed by atoms with E-state index in [2.05, 4.69) is 4.90 Å². The molecule has 1 amide bonds. The molecule has 5 heteroatoms. The van der Waals surface area contributed by atoms with Gasteiger partial charge in [-0.05, 0) is 38.8 Å². The molecule has 2 fully saturated rings. The maximum absolute atomic E-state index is 12.4. The molecule has 1 N–H and O–H groups in total. The van der Waals surface area contributed by atoms with E-state index in [0.717, 1.165) is 25.9 Å². The lowest BCUT2D eigenvalue weighted by molar-refractivity contribution is -0.149. The van der Waals surface area contributed by atoms with Crippen LogP contribution in [0.25, 0.3) is 0 Å². The molecule has 2 rings (SSSR count). The van der Waals surface area contributed by atoms with Crippen molar-refractivity contribution in [2.75, 3.05) is 26.2 Å². The average Bonchev–Trinajstić information content (AvgIpc) is 2.53. The van der Waals surface area contributed by atoms with Crippen LogP contribution in [-0.2, 0) is 9.59 Å². The molecule has 2 saturated heterocycles. The zero-order chi connectivity index (χ0) is 15.4. The summed E-state index contributed by atoms with van der Waals surface area (Å²) in [4.78, 5) is 27.8. The van der Waals surface area contributed by atoms with Gasteiger partial charge in [0.25, 0.3) is 0 Å². The summed E-state index contributed by atoms with van der Waals surface area (Å²) in [6.45, 7) is 7.30. The molecule has 2 aliphatic rings. The number of carboxylic acids is 1. The highest BCUT2D eigenvalue weighted by molar-refractivity contribution is 5.84. The number of carbonyl (C=O) groups excluding carboxylic acids is 1. The Bertz CT molecular complexity index is 372. The summed E-state index contributed by atoms with van der Waals surface area (Å²) in [6.07, 6.45) is 6.00. The van der Waals surface area contributed by atoms with E-state index < -0.39 is 17.8 Å². The average molecular weight is 296 g/mol. The molecule has 0 radical (unpaired) electrons. The van der Waals surface area contributed by atoms with E-state index in [1.807, 2.05) is 4.90 Å². The predicted molar refractivity (Wildman–Crippen MR) is 81.0 cm³/mol. The van der Waals surface area contributed by atoms with Crippen LogP contribution >= 0.6 is 0 Å². The number of likely N-dealkylation sites (tertiary alicyclic amines) is 2. The van der Waals surface area contributed by atoms with Gasteiger partial charge in [0.05, 0.1) is 5.92 Å². The maximum atomic E-state index is 12.4. The highest BCUT2D eigenvalue weighted by atomic mass is 16.4. The van der Waals surface area contributed by atoms with Crippen LogP contribution in [0.4, 0.5) is 0 Å². The second-order valence-electron chi connectivity index (χ2n) is 6.57. The summed E-state index contributed by atoms with van der Waals surface area (Å²) in [5.74, 6) is -1.94. The Labute approximate surface area is 127 Å². The molecule has 0 aromatic rings. The molecule has 21 heavy (non-hydrogen) atoms. The van der Waals surface area contributed by atoms with Crippen molar-refractivity contribution in [3.63, 3.8) is 0 Å². The zero-order valence-electron chi connectivity index (χ0n) is 13.3. The van der Waals surface area contributed by atoms with Gasteiger partial charge >= 0.3 is 5.97 Å². The Hall–Kier alpha value is -1.10. The third-order valence-electron chi connectivity index (χ3n) is 5.21. The van der Waals surface area contributed by atoms with Gasteiger partial charge in [-0.15, -0.1) is 0 Å². The van der Waals surface area contributed by atoms with Crippen molar-refractivity contribution < 1.29 is 14.7 Å². The van der Waals surface area contributed by atoms with E-state index >= 15 is 0 Å². The van der Waals surface area contributed by atoms with Gasteiger partial charge in [0.1, 0.15) is 0 Å². The predicted octanol–water partition coefficient (Wildman–Crippen LogP) is 1.82. The van der Waals surface area contributed by atoms with Gasteiger partial charge in [0.2, 0.25) is 5.91 Å². The SMILES string of the molecule is CC(C(=O)O)C(C)C(=O)N1CCC(N2CCCCC2)CC1. The molecule has 0 aromatic carbocycles. The summed E-state index contributed by atoms with van der Waals surface area (Å²) in [5, 5.41) is 9.03. The van der Waals surface area contributed by atoms with Crippen LogP contribution in [0.2, 0.25) is 0 Å². The molecule has 0 bridgehead atoms. The minimum Gasteiger partial charge on any atom is -0.481 e. The molecule has 0 spiro atoms. The van der Waals surface area contributed by atoms with E-state index in [-0.39, 0.29) is 5.91 Å². The van der Waals surface area contributed by atoms with Gasteiger partial charge in [-0.1, -0.05) is 20.3 Å². The Morgan fingerprint density at radius 3 is 2.05 bits per heavy atom. The second-order valence-corrected chi connectivity index (χ2v) is 6.57. The number of carbonyl (C=O) groups is 2. The van der Waals surface area contributed by atoms with Crippen LogP contribution in [-0.4, -0.2) is 59.0 Å². The van der Waals surface area contributed by atoms with Crippen LogP contribution < -0.4 is 0 Å². The maximum Gasteiger partial charge on any atom is 0.307 e. The van der Waals surface area contributed by atoms with E-state index in [0.29, 0.717) is 6.04 Å². The molecule has 5 nitrogen and oxygen atoms in total. The first-order chi connectivity index (χ1) is 10.0. The van der Waals surface area contributed by atoms with E-state index in [1.165, 1.54) is 32.4 Å². The smallest absolute Gasteiger partial charge is 0.307 e. The van der Waals surface area contributed by atoms with Gasteiger partial charge < -0.3 is 14.9 Å². The van der Waals surface area contributed by atoms with Crippen molar-refractivity contribution in [1.29, 1.82) is 0 Å². The number of amides is 1. The number of carboxylic acid groups (broad SMARTS) is 1. The Morgan fingerprint density at radius 2 is 1.52 bits per heavy atom. The van der Waals surface area contributed by atoms with Crippen LogP contribution in [0.15, 0.2) is 0 Å². The highest BCUT2D eigenvalue weighted by Gasteiger charge is 2.32. The number of piperidine rings is 2. The second kappa shape index (κ2) is 7.25. The molecule has 0 saturated carbocycles. The van der Waals surface area contributed by atoms with Crippen molar-refractivity contribution in [2.24, 2.45) is 11.8 Å². The number of hydrogen-bond donors (Lipinski definition) is 1. The van der Waals surface area contributed by atoms with Gasteiger partial charge in [-0.2, -0.15) is 0 Å². The first kappa shape index (κ1) is 16.3. The third kappa shape index (κ3) is 3.96. The van der Waals surface area contributed by atoms with Crippen LogP contribution in [0.3, 0.4) is 0 Å². The Morgan fingerprint density at radius 1 is 0.952 bits per heavy atom. The molecule has 0 aromatic heterocycles. The molecular weight excluding hydrogens is 268 g/mol. The summed E-state index contributed by atoms with van der Waals surface area (Å²) in [5.41, 5.74) is 0. The van der Waals surface area contributed by atoms with E-state index in [4.69, 9.17) is 5.11 Å². The Kier molecular flexibility index (Phi) is 5.62. The lowest BCUT2D eigenvalue weighted by Gasteiger charge is -2.41. The van der Waals surface area contributed by atoms with Gasteiger partial charge in [-0.25, -0.2) is 0 Å². The molecule has 0 aliphatic carbocycles. The van der Waals surface area contributed by atoms with Crippen LogP contribution in [0.1, 0.15) is 46.0 Å². The van der Waals surface area contributed by atoms with Crippen molar-refractivity contribution in [1.82, 2.24) is 9.80 Å². The number of hydrogen-bond acceptors (Lipinski definition) is 3. The summed E-state index contributed by atoms with van der Waals surface area (Å²) >= 11 is 0. The zero-order valence-corrected chi connectivity index (χ0v) is 13.3. The first-order valence-corrected chi connectivity index (χ1v) is 8.26. The fourth-order valence-electron chi connectivity index (χ4n) is 3.45. The van der Waals surface area contributed by atoms with Crippen LogP contribution in [0.5, 0.6) is 0 Å². The minimum atomic E-state index is -0.890. The van der Waals surface area contributed by atoms with Crippen LogP contribution in [0, 0.1) is 11.8 Å². The topological polar surface area (TPSA) is 60.9 Å². The molecule has 2 unspecified atom stereocenters. The van der Waals surface area contributed by atoms with Crippen molar-refractivity contribution in [3.8, 4) is 0 Å². The fourth-order valence-corrected chi connectivity index (χ4v) is 3.45. The number of nitrogens with zero attached hydrogens (tertiary/aromatic N) is 2. The molecule has 2 heterocycles. The normalized spacial score (nSPS) is 24.6. The van der Waals surface area contributed by atoms with Crippen molar-refractivity contribution >= 4 is 11.9 Å². The van der Waals surface area contributed by atoms with E-state index in [1.54, 1.807) is 13.8 Å². The summed E-state index contributed by atoms with van der Waals surface area (Å²) in [7, 11) is 0. The number of aliphatic carboxylic acids is 1. The lowest BCUT2D eigenvalue weighted by atomic mass is 9.93. The molecule has 2 aliphatic heterocycles. The quantitative estimate of drug-likeness (QED) is 0.859. The summed E-state index contributed by atoms with van der Waals surface area (Å²) in [6, 6.07) is 0.613. The standard InChI is InChI=1S/C16H28N2O3/c1-12(13(2)16(20)21)15(19)18-10-6-14(7-11-18)17-8-4-3-5-9-17/h12-14H,3-11H2,1-2H3,(H,20,21). The van der Waals surface area contributed by atoms with Crippen molar-refractivity contribution in [3.05, 3.63) is 0 Å². The summed E-state index contributed by atoms with van der Waals surface area (Å²) < 4.78 is 0. The molecule has 2 atom stereocenters. The largest absolute Gasteiger partial charge is 0.481 e. The van der Waals surface area contributed by atoms with E-state index in [9.17, 15) is 9.59 Å². The Balaban J connectivity index is 1.82. The lowest BCUT2D eigenvalue weighted by Crippen LogP contribution is -2.49. The monoisotopic (exact) mass is 296 g/mol. The minimum absolute atomic E-state index is 0.00185. The van der Waals surface area contributed by atoms with Gasteiger partial charge in [0, 0.05) is 25.0 Å². The highest BCUT2D eigenvalue weighted by Crippen LogP contribution is 2.23. The van der Waals surface area contributed by atoms with Gasteiger partial charge in [-0.3, -0.25) is 9.59 Å².